The van der Waals surface area contributed by atoms with Crippen LogP contribution in [0.3, 0.4) is 0 Å². The van der Waals surface area contributed by atoms with Gasteiger partial charge in [0.1, 0.15) is 0 Å². The maximum absolute atomic E-state index is 12.0. The third-order valence-electron chi connectivity index (χ3n) is 3.00. The Morgan fingerprint density at radius 2 is 1.95 bits per heavy atom. The summed E-state index contributed by atoms with van der Waals surface area (Å²) in [4.78, 5) is 12.9. The number of rotatable bonds is 5. The molecule has 3 heteroatoms. The van der Waals surface area contributed by atoms with Gasteiger partial charge in [0.05, 0.1) is 12.7 Å². The van der Waals surface area contributed by atoms with Crippen LogP contribution in [0.15, 0.2) is 53.4 Å². The molecule has 0 amide bonds. The number of ether oxygens (including phenoxy) is 1. The monoisotopic (exact) mass is 296 g/mol. The number of carbonyl (C=O) groups excluding carboxylic acids is 1. The highest BCUT2D eigenvalue weighted by atomic mass is 32.2. The molecule has 0 saturated carbocycles. The Morgan fingerprint density at radius 3 is 2.62 bits per heavy atom. The topological polar surface area (TPSA) is 26.3 Å². The Kier molecular flexibility index (Phi) is 5.48. The zero-order chi connectivity index (χ0) is 15.1. The molecule has 0 bridgehead atoms. The maximum Gasteiger partial charge on any atom is 0.339 e. The Hall–Kier alpha value is -2.18. The number of benzene rings is 2. The van der Waals surface area contributed by atoms with Crippen LogP contribution in [0.25, 0.3) is 11.1 Å². The van der Waals surface area contributed by atoms with Gasteiger partial charge in [-0.25, -0.2) is 4.79 Å². The van der Waals surface area contributed by atoms with Gasteiger partial charge in [-0.3, -0.25) is 0 Å². The predicted molar refractivity (Wildman–Crippen MR) is 87.4 cm³/mol. The van der Waals surface area contributed by atoms with Crippen molar-refractivity contribution in [3.63, 3.8) is 0 Å². The van der Waals surface area contributed by atoms with Crippen LogP contribution in [0.1, 0.15) is 16.8 Å². The number of hydrogen-bond donors (Lipinski definition) is 0. The number of methoxy groups -OCH3 is 1. The van der Waals surface area contributed by atoms with E-state index >= 15 is 0 Å². The largest absolute Gasteiger partial charge is 0.465 e. The SMILES string of the molecule is C#CCCSc1c(C(=O)OC)cccc1-c1ccccc1. The summed E-state index contributed by atoms with van der Waals surface area (Å²) >= 11 is 1.59. The lowest BCUT2D eigenvalue weighted by atomic mass is 10.0. The summed E-state index contributed by atoms with van der Waals surface area (Å²) in [6, 6.07) is 15.7. The molecular weight excluding hydrogens is 280 g/mol. The maximum atomic E-state index is 12.0. The van der Waals surface area contributed by atoms with Gasteiger partial charge in [-0.2, -0.15) is 0 Å². The average molecular weight is 296 g/mol. The van der Waals surface area contributed by atoms with Gasteiger partial charge in [0.15, 0.2) is 0 Å². The zero-order valence-electron chi connectivity index (χ0n) is 11.8. The standard InChI is InChI=1S/C18H16O2S/c1-3-4-13-21-17-15(14-9-6-5-7-10-14)11-8-12-16(17)18(19)20-2/h1,5-12H,4,13H2,2H3. The van der Waals surface area contributed by atoms with Gasteiger partial charge < -0.3 is 4.74 Å². The van der Waals surface area contributed by atoms with Crippen LogP contribution >= 0.6 is 11.8 Å². The van der Waals surface area contributed by atoms with Crippen molar-refractivity contribution in [3.8, 4) is 23.5 Å². The average Bonchev–Trinajstić information content (AvgIpc) is 2.55. The van der Waals surface area contributed by atoms with E-state index in [0.717, 1.165) is 21.8 Å². The molecule has 0 radical (unpaired) electrons. The lowest BCUT2D eigenvalue weighted by molar-refractivity contribution is 0.0597. The molecule has 0 heterocycles. The molecule has 2 aromatic rings. The third kappa shape index (κ3) is 3.68. The fourth-order valence-electron chi connectivity index (χ4n) is 2.02. The summed E-state index contributed by atoms with van der Waals surface area (Å²) in [7, 11) is 1.40. The minimum absolute atomic E-state index is 0.323. The quantitative estimate of drug-likeness (QED) is 0.357. The Labute approximate surface area is 129 Å². The second-order valence-electron chi connectivity index (χ2n) is 4.34. The molecule has 2 aromatic carbocycles. The van der Waals surface area contributed by atoms with Crippen LogP contribution in [-0.2, 0) is 4.74 Å². The molecule has 0 N–H and O–H groups in total. The number of esters is 1. The summed E-state index contributed by atoms with van der Waals surface area (Å²) in [6.45, 7) is 0. The molecule has 0 unspecified atom stereocenters. The molecule has 0 aromatic heterocycles. The van der Waals surface area contributed by atoms with Crippen molar-refractivity contribution in [3.05, 3.63) is 54.1 Å². The normalized spacial score (nSPS) is 9.90. The number of terminal acetylenes is 1. The first kappa shape index (κ1) is 15.2. The van der Waals surface area contributed by atoms with Crippen LogP contribution in [0, 0.1) is 12.3 Å². The molecule has 21 heavy (non-hydrogen) atoms. The van der Waals surface area contributed by atoms with E-state index in [1.807, 2.05) is 42.5 Å². The summed E-state index contributed by atoms with van der Waals surface area (Å²) in [5.41, 5.74) is 2.69. The van der Waals surface area contributed by atoms with E-state index in [9.17, 15) is 4.79 Å². The van der Waals surface area contributed by atoms with Crippen molar-refractivity contribution in [1.82, 2.24) is 0 Å². The van der Waals surface area contributed by atoms with Gasteiger partial charge in [-0.15, -0.1) is 24.1 Å². The van der Waals surface area contributed by atoms with Gasteiger partial charge in [0.2, 0.25) is 0 Å². The van der Waals surface area contributed by atoms with Crippen molar-refractivity contribution >= 4 is 17.7 Å². The summed E-state index contributed by atoms with van der Waals surface area (Å²) in [5, 5.41) is 0. The van der Waals surface area contributed by atoms with Gasteiger partial charge in [0, 0.05) is 17.1 Å². The molecule has 0 fully saturated rings. The van der Waals surface area contributed by atoms with Gasteiger partial charge in [-0.1, -0.05) is 42.5 Å². The molecule has 2 nitrogen and oxygen atoms in total. The van der Waals surface area contributed by atoms with E-state index in [-0.39, 0.29) is 5.97 Å². The molecule has 0 spiro atoms. The minimum Gasteiger partial charge on any atom is -0.465 e. The summed E-state index contributed by atoms with van der Waals surface area (Å²) in [5.74, 6) is 3.07. The van der Waals surface area contributed by atoms with Gasteiger partial charge in [0.25, 0.3) is 0 Å². The molecule has 106 valence electrons. The van der Waals surface area contributed by atoms with Crippen molar-refractivity contribution in [2.45, 2.75) is 11.3 Å². The lowest BCUT2D eigenvalue weighted by Gasteiger charge is -2.13. The van der Waals surface area contributed by atoms with E-state index in [0.29, 0.717) is 12.0 Å². The molecule has 0 aliphatic carbocycles. The second-order valence-corrected chi connectivity index (χ2v) is 5.45. The van der Waals surface area contributed by atoms with Crippen LogP contribution in [-0.4, -0.2) is 18.8 Å². The predicted octanol–water partition coefficient (Wildman–Crippen LogP) is 4.26. The van der Waals surface area contributed by atoms with E-state index in [1.165, 1.54) is 7.11 Å². The highest BCUT2D eigenvalue weighted by Crippen LogP contribution is 2.35. The fourth-order valence-corrected chi connectivity index (χ4v) is 3.09. The van der Waals surface area contributed by atoms with E-state index in [4.69, 9.17) is 11.2 Å². The minimum atomic E-state index is -0.323. The smallest absolute Gasteiger partial charge is 0.339 e. The first-order valence-electron chi connectivity index (χ1n) is 6.61. The van der Waals surface area contributed by atoms with Crippen LogP contribution in [0.2, 0.25) is 0 Å². The lowest BCUT2D eigenvalue weighted by Crippen LogP contribution is -2.04. The van der Waals surface area contributed by atoms with Gasteiger partial charge >= 0.3 is 5.97 Å². The highest BCUT2D eigenvalue weighted by Gasteiger charge is 2.16. The Bertz CT molecular complexity index is 657. The molecule has 2 rings (SSSR count). The molecular formula is C18H16O2S. The molecule has 0 atom stereocenters. The number of carbonyl (C=O) groups is 1. The van der Waals surface area contributed by atoms with E-state index < -0.39 is 0 Å². The van der Waals surface area contributed by atoms with Crippen molar-refractivity contribution in [2.75, 3.05) is 12.9 Å². The molecule has 0 saturated heterocycles. The van der Waals surface area contributed by atoms with Crippen LogP contribution < -0.4 is 0 Å². The van der Waals surface area contributed by atoms with Crippen molar-refractivity contribution in [1.29, 1.82) is 0 Å². The van der Waals surface area contributed by atoms with Crippen LogP contribution in [0.4, 0.5) is 0 Å². The van der Waals surface area contributed by atoms with Gasteiger partial charge in [-0.05, 0) is 17.2 Å². The Balaban J connectivity index is 2.48. The second kappa shape index (κ2) is 7.56. The molecule has 0 aliphatic rings. The highest BCUT2D eigenvalue weighted by molar-refractivity contribution is 7.99. The summed E-state index contributed by atoms with van der Waals surface area (Å²) in [6.07, 6.45) is 5.97. The van der Waals surface area contributed by atoms with Crippen LogP contribution in [0.5, 0.6) is 0 Å². The fraction of sp³-hybridized carbons (Fsp3) is 0.167. The Morgan fingerprint density at radius 1 is 1.19 bits per heavy atom. The van der Waals surface area contributed by atoms with E-state index in [1.54, 1.807) is 17.8 Å². The van der Waals surface area contributed by atoms with Crippen molar-refractivity contribution < 1.29 is 9.53 Å². The van der Waals surface area contributed by atoms with Crippen molar-refractivity contribution in [2.24, 2.45) is 0 Å². The third-order valence-corrected chi connectivity index (χ3v) is 4.13. The number of hydrogen-bond acceptors (Lipinski definition) is 3. The number of thioether (sulfide) groups is 1. The van der Waals surface area contributed by atoms with E-state index in [2.05, 4.69) is 5.92 Å². The first-order chi connectivity index (χ1) is 10.3. The summed E-state index contributed by atoms with van der Waals surface area (Å²) < 4.78 is 4.88. The molecule has 0 aliphatic heterocycles. The first-order valence-corrected chi connectivity index (χ1v) is 7.59. The zero-order valence-corrected chi connectivity index (χ0v) is 12.7.